The van der Waals surface area contributed by atoms with Crippen molar-refractivity contribution in [3.63, 3.8) is 0 Å². The van der Waals surface area contributed by atoms with Crippen LogP contribution >= 0.6 is 11.6 Å². The second-order valence-electron chi connectivity index (χ2n) is 6.31. The van der Waals surface area contributed by atoms with E-state index in [0.717, 1.165) is 39.1 Å². The first-order chi connectivity index (χ1) is 12.5. The number of aryl methyl sites for hydroxylation is 3. The summed E-state index contributed by atoms with van der Waals surface area (Å²) >= 11 is 6.63. The summed E-state index contributed by atoms with van der Waals surface area (Å²) in [5.41, 5.74) is 6.72. The molecule has 0 fully saturated rings. The highest BCUT2D eigenvalue weighted by Crippen LogP contribution is 2.25. The van der Waals surface area contributed by atoms with Crippen LogP contribution < -0.4 is 0 Å². The molecule has 4 aromatic rings. The van der Waals surface area contributed by atoms with E-state index in [-0.39, 0.29) is 0 Å². The van der Waals surface area contributed by atoms with Gasteiger partial charge >= 0.3 is 0 Å². The number of hydrogen-bond acceptors (Lipinski definition) is 3. The Kier molecular flexibility index (Phi) is 4.09. The number of benzene rings is 2. The largest absolute Gasteiger partial charge is 0.235 e. The maximum Gasteiger partial charge on any atom is 0.142 e. The quantitative estimate of drug-likeness (QED) is 0.496. The Morgan fingerprint density at radius 1 is 1.08 bits per heavy atom. The fourth-order valence-corrected chi connectivity index (χ4v) is 3.24. The maximum atomic E-state index is 6.63. The Morgan fingerprint density at radius 3 is 2.73 bits per heavy atom. The molecular weight excluding hydrogens is 346 g/mol. The molecule has 130 valence electrons. The molecular formula is C20H18ClN5. The monoisotopic (exact) mass is 363 g/mol. The number of rotatable bonds is 3. The first kappa shape index (κ1) is 16.5. The standard InChI is InChI=1S/C20H18ClN5/c1-13-8-9-14(2)19(10-13)26-20(21)16(15(3)24-26)11-23-25-12-22-17-6-4-5-7-18(17)25/h4-12H,1-3H3/b23-11-. The first-order valence-corrected chi connectivity index (χ1v) is 8.71. The molecule has 26 heavy (non-hydrogen) atoms. The Bertz CT molecular complexity index is 1140. The van der Waals surface area contributed by atoms with Gasteiger partial charge < -0.3 is 0 Å². The molecule has 0 aliphatic rings. The smallest absolute Gasteiger partial charge is 0.142 e. The van der Waals surface area contributed by atoms with Crippen LogP contribution in [0.25, 0.3) is 16.7 Å². The van der Waals surface area contributed by atoms with E-state index in [1.807, 2.05) is 38.1 Å². The predicted molar refractivity (Wildman–Crippen MR) is 106 cm³/mol. The Hall–Kier alpha value is -2.92. The third-order valence-electron chi connectivity index (χ3n) is 4.39. The molecule has 0 N–H and O–H groups in total. The minimum absolute atomic E-state index is 0.546. The minimum atomic E-state index is 0.546. The van der Waals surface area contributed by atoms with Crippen LogP contribution in [-0.2, 0) is 0 Å². The van der Waals surface area contributed by atoms with E-state index in [1.54, 1.807) is 21.9 Å². The molecule has 4 rings (SSSR count). The van der Waals surface area contributed by atoms with Gasteiger partial charge in [-0.2, -0.15) is 10.2 Å². The number of aromatic nitrogens is 4. The van der Waals surface area contributed by atoms with Crippen molar-refractivity contribution in [1.82, 2.24) is 19.4 Å². The lowest BCUT2D eigenvalue weighted by molar-refractivity contribution is 0.855. The average molecular weight is 364 g/mol. The van der Waals surface area contributed by atoms with E-state index in [2.05, 4.69) is 40.3 Å². The lowest BCUT2D eigenvalue weighted by Crippen LogP contribution is -2.00. The van der Waals surface area contributed by atoms with Gasteiger partial charge in [-0.15, -0.1) is 0 Å². The zero-order valence-electron chi connectivity index (χ0n) is 14.8. The molecule has 0 bridgehead atoms. The Balaban J connectivity index is 1.76. The zero-order chi connectivity index (χ0) is 18.3. The van der Waals surface area contributed by atoms with Crippen molar-refractivity contribution in [3.8, 4) is 5.69 Å². The van der Waals surface area contributed by atoms with Gasteiger partial charge in [0.1, 0.15) is 11.5 Å². The summed E-state index contributed by atoms with van der Waals surface area (Å²) < 4.78 is 3.51. The molecule has 0 spiro atoms. The van der Waals surface area contributed by atoms with Crippen LogP contribution in [0.3, 0.4) is 0 Å². The lowest BCUT2D eigenvalue weighted by atomic mass is 10.1. The number of hydrogen-bond donors (Lipinski definition) is 0. The van der Waals surface area contributed by atoms with Gasteiger partial charge in [0.05, 0.1) is 34.2 Å². The van der Waals surface area contributed by atoms with Gasteiger partial charge in [0.25, 0.3) is 0 Å². The van der Waals surface area contributed by atoms with Crippen LogP contribution in [0.5, 0.6) is 0 Å². The number of para-hydroxylation sites is 2. The molecule has 0 atom stereocenters. The minimum Gasteiger partial charge on any atom is -0.235 e. The summed E-state index contributed by atoms with van der Waals surface area (Å²) in [6.45, 7) is 6.04. The van der Waals surface area contributed by atoms with Crippen LogP contribution in [0.1, 0.15) is 22.4 Å². The average Bonchev–Trinajstić information content (AvgIpc) is 3.17. The van der Waals surface area contributed by atoms with Gasteiger partial charge in [0.15, 0.2) is 0 Å². The second-order valence-corrected chi connectivity index (χ2v) is 6.67. The van der Waals surface area contributed by atoms with Gasteiger partial charge in [-0.25, -0.2) is 14.3 Å². The van der Waals surface area contributed by atoms with Crippen molar-refractivity contribution >= 4 is 28.8 Å². The lowest BCUT2D eigenvalue weighted by Gasteiger charge is -2.08. The molecule has 0 aliphatic heterocycles. The van der Waals surface area contributed by atoms with Crippen molar-refractivity contribution in [2.75, 3.05) is 0 Å². The third-order valence-corrected chi connectivity index (χ3v) is 4.75. The van der Waals surface area contributed by atoms with Crippen molar-refractivity contribution in [2.45, 2.75) is 20.8 Å². The number of imidazole rings is 1. The molecule has 0 saturated carbocycles. The Morgan fingerprint density at radius 2 is 1.88 bits per heavy atom. The zero-order valence-corrected chi connectivity index (χ0v) is 15.6. The maximum absolute atomic E-state index is 6.63. The molecule has 6 heteroatoms. The molecule has 0 unspecified atom stereocenters. The van der Waals surface area contributed by atoms with Gasteiger partial charge in [-0.1, -0.05) is 35.9 Å². The van der Waals surface area contributed by atoms with E-state index in [1.165, 1.54) is 0 Å². The molecule has 0 aliphatic carbocycles. The second kappa shape index (κ2) is 6.42. The van der Waals surface area contributed by atoms with Crippen LogP contribution in [0.15, 0.2) is 53.9 Å². The summed E-state index contributed by atoms with van der Waals surface area (Å²) in [5.74, 6) is 0. The van der Waals surface area contributed by atoms with Crippen LogP contribution in [0.4, 0.5) is 0 Å². The van der Waals surface area contributed by atoms with Gasteiger partial charge in [0, 0.05) is 0 Å². The number of nitrogens with zero attached hydrogens (tertiary/aromatic N) is 5. The van der Waals surface area contributed by atoms with Crippen molar-refractivity contribution in [3.05, 3.63) is 76.3 Å². The van der Waals surface area contributed by atoms with Gasteiger partial charge in [-0.05, 0) is 50.1 Å². The normalized spacial score (nSPS) is 11.7. The molecule has 0 radical (unpaired) electrons. The fourth-order valence-electron chi connectivity index (χ4n) is 2.92. The SMILES string of the molecule is Cc1ccc(C)c(-n2nc(C)c(/C=N\n3cnc4ccccc43)c2Cl)c1. The van der Waals surface area contributed by atoms with E-state index < -0.39 is 0 Å². The van der Waals surface area contributed by atoms with Crippen LogP contribution in [-0.4, -0.2) is 25.7 Å². The van der Waals surface area contributed by atoms with E-state index in [9.17, 15) is 0 Å². The highest BCUT2D eigenvalue weighted by atomic mass is 35.5. The Labute approximate surface area is 156 Å². The summed E-state index contributed by atoms with van der Waals surface area (Å²) in [7, 11) is 0. The highest BCUT2D eigenvalue weighted by Gasteiger charge is 2.15. The number of fused-ring (bicyclic) bond motifs is 1. The predicted octanol–water partition coefficient (Wildman–Crippen LogP) is 4.68. The fraction of sp³-hybridized carbons (Fsp3) is 0.150. The number of halogens is 1. The molecule has 2 heterocycles. The molecule has 5 nitrogen and oxygen atoms in total. The highest BCUT2D eigenvalue weighted by molar-refractivity contribution is 6.32. The van der Waals surface area contributed by atoms with Crippen molar-refractivity contribution in [1.29, 1.82) is 0 Å². The van der Waals surface area contributed by atoms with Crippen LogP contribution in [0, 0.1) is 20.8 Å². The summed E-state index contributed by atoms with van der Waals surface area (Å²) in [6, 6.07) is 14.1. The molecule has 2 aromatic carbocycles. The first-order valence-electron chi connectivity index (χ1n) is 8.34. The van der Waals surface area contributed by atoms with Gasteiger partial charge in [0.2, 0.25) is 0 Å². The van der Waals surface area contributed by atoms with E-state index >= 15 is 0 Å². The summed E-state index contributed by atoms with van der Waals surface area (Å²) in [4.78, 5) is 4.35. The van der Waals surface area contributed by atoms with Gasteiger partial charge in [-0.3, -0.25) is 0 Å². The van der Waals surface area contributed by atoms with E-state index in [4.69, 9.17) is 11.6 Å². The summed E-state index contributed by atoms with van der Waals surface area (Å²) in [6.07, 6.45) is 3.43. The van der Waals surface area contributed by atoms with Crippen molar-refractivity contribution < 1.29 is 0 Å². The van der Waals surface area contributed by atoms with E-state index in [0.29, 0.717) is 5.15 Å². The molecule has 0 amide bonds. The third kappa shape index (κ3) is 2.80. The molecule has 0 saturated heterocycles. The summed E-state index contributed by atoms with van der Waals surface area (Å²) in [5, 5.41) is 9.68. The van der Waals surface area contributed by atoms with Crippen molar-refractivity contribution in [2.24, 2.45) is 5.10 Å². The topological polar surface area (TPSA) is 48.0 Å². The molecule has 2 aromatic heterocycles. The van der Waals surface area contributed by atoms with Crippen LogP contribution in [0.2, 0.25) is 5.15 Å².